The van der Waals surface area contributed by atoms with Crippen molar-refractivity contribution in [3.8, 4) is 0 Å². The van der Waals surface area contributed by atoms with Gasteiger partial charge in [0.2, 0.25) is 5.91 Å². The van der Waals surface area contributed by atoms with Gasteiger partial charge in [0.15, 0.2) is 23.6 Å². The second kappa shape index (κ2) is 9.64. The summed E-state index contributed by atoms with van der Waals surface area (Å²) in [6.07, 6.45) is -1.82. The Morgan fingerprint density at radius 3 is 2.24 bits per heavy atom. The van der Waals surface area contributed by atoms with Crippen LogP contribution in [-0.2, 0) is 15.0 Å². The van der Waals surface area contributed by atoms with Crippen molar-refractivity contribution in [3.63, 3.8) is 0 Å². The predicted octanol–water partition coefficient (Wildman–Crippen LogP) is 3.47. The van der Waals surface area contributed by atoms with E-state index in [1.165, 1.54) is 25.1 Å². The minimum absolute atomic E-state index is 0.0900. The van der Waals surface area contributed by atoms with Gasteiger partial charge in [-0.3, -0.25) is 14.7 Å². The highest BCUT2D eigenvalue weighted by molar-refractivity contribution is 5.97. The second-order valence-corrected chi connectivity index (χ2v) is 8.25. The molecule has 11 heteroatoms. The van der Waals surface area contributed by atoms with Crippen LogP contribution in [0.25, 0.3) is 0 Å². The Morgan fingerprint density at radius 1 is 0.971 bits per heavy atom. The number of carbonyl (C=O) groups excluding carboxylic acids is 2. The normalized spacial score (nSPS) is 13.3. The zero-order valence-corrected chi connectivity index (χ0v) is 18.4. The molecule has 0 aliphatic rings. The van der Waals surface area contributed by atoms with E-state index in [4.69, 9.17) is 0 Å². The Bertz CT molecular complexity index is 1210. The molecule has 2 aromatic carbocycles. The number of halogens is 4. The summed E-state index contributed by atoms with van der Waals surface area (Å²) in [6.45, 7) is 4.77. The number of hydrogen-bond acceptors (Lipinski definition) is 4. The van der Waals surface area contributed by atoms with Gasteiger partial charge in [-0.25, -0.2) is 17.6 Å². The molecule has 2 atom stereocenters. The maximum absolute atomic E-state index is 13.6. The third-order valence-corrected chi connectivity index (χ3v) is 5.35. The third-order valence-electron chi connectivity index (χ3n) is 5.35. The average molecular weight is 478 g/mol. The smallest absolute Gasteiger partial charge is 0.254 e. The Kier molecular flexibility index (Phi) is 7.06. The summed E-state index contributed by atoms with van der Waals surface area (Å²) >= 11 is 0. The molecule has 0 fully saturated rings. The molecule has 0 aliphatic carbocycles. The molecule has 7 nitrogen and oxygen atoms in total. The van der Waals surface area contributed by atoms with Crippen molar-refractivity contribution in [2.75, 3.05) is 5.32 Å². The van der Waals surface area contributed by atoms with E-state index in [1.54, 1.807) is 13.8 Å². The largest absolute Gasteiger partial charge is 0.378 e. The van der Waals surface area contributed by atoms with Crippen molar-refractivity contribution in [3.05, 3.63) is 82.6 Å². The van der Waals surface area contributed by atoms with Crippen LogP contribution < -0.4 is 10.6 Å². The first-order valence-corrected chi connectivity index (χ1v) is 10.1. The summed E-state index contributed by atoms with van der Waals surface area (Å²) in [4.78, 5) is 24.7. The number of H-pyrrole nitrogens is 1. The van der Waals surface area contributed by atoms with Gasteiger partial charge in [0.25, 0.3) is 5.91 Å². The van der Waals surface area contributed by atoms with E-state index in [1.807, 2.05) is 0 Å². The molecule has 3 aromatic rings. The maximum atomic E-state index is 13.6. The number of anilines is 1. The molecule has 1 aromatic heterocycles. The van der Waals surface area contributed by atoms with Crippen LogP contribution in [0.4, 0.5) is 23.4 Å². The number of rotatable bonds is 7. The standard InChI is InChI=1S/C23H22F4N4O3/c1-11(28-22(34)20(32)12-4-5-16(26)17(27)6-12)21(33)29-19-10-18(30-31-19)23(2,3)13-7-14(24)9-15(25)8-13/h4-11,20,32H,1-3H3,(H,28,34)(H2,29,30,31,33). The summed E-state index contributed by atoms with van der Waals surface area (Å²) in [5, 5.41) is 21.5. The number of aliphatic hydroxyl groups is 1. The van der Waals surface area contributed by atoms with Crippen LogP contribution in [0.1, 0.15) is 43.7 Å². The molecule has 2 amide bonds. The second-order valence-electron chi connectivity index (χ2n) is 8.25. The van der Waals surface area contributed by atoms with Crippen LogP contribution in [0.15, 0.2) is 42.5 Å². The van der Waals surface area contributed by atoms with E-state index in [-0.39, 0.29) is 11.4 Å². The van der Waals surface area contributed by atoms with E-state index in [2.05, 4.69) is 20.8 Å². The molecule has 34 heavy (non-hydrogen) atoms. The summed E-state index contributed by atoms with van der Waals surface area (Å²) in [6, 6.07) is 6.00. The molecule has 0 radical (unpaired) electrons. The summed E-state index contributed by atoms with van der Waals surface area (Å²) in [5.74, 6) is -5.41. The third kappa shape index (κ3) is 5.42. The molecule has 0 saturated carbocycles. The van der Waals surface area contributed by atoms with Gasteiger partial charge >= 0.3 is 0 Å². The fourth-order valence-corrected chi connectivity index (χ4v) is 3.20. The van der Waals surface area contributed by atoms with Crippen LogP contribution in [0.5, 0.6) is 0 Å². The highest BCUT2D eigenvalue weighted by Gasteiger charge is 2.28. The van der Waals surface area contributed by atoms with E-state index in [9.17, 15) is 32.3 Å². The van der Waals surface area contributed by atoms with Gasteiger partial charge in [-0.2, -0.15) is 5.10 Å². The fourth-order valence-electron chi connectivity index (χ4n) is 3.20. The monoisotopic (exact) mass is 478 g/mol. The minimum atomic E-state index is -1.82. The van der Waals surface area contributed by atoms with E-state index < -0.39 is 52.6 Å². The van der Waals surface area contributed by atoms with Gasteiger partial charge in [-0.15, -0.1) is 0 Å². The molecular formula is C23H22F4N4O3. The van der Waals surface area contributed by atoms with Crippen LogP contribution in [0.3, 0.4) is 0 Å². The summed E-state index contributed by atoms with van der Waals surface area (Å²) in [7, 11) is 0. The quantitative estimate of drug-likeness (QED) is 0.390. The SMILES string of the molecule is CC(NC(=O)C(O)c1ccc(F)c(F)c1)C(=O)Nc1cc(C(C)(C)c2cc(F)cc(F)c2)[nH]n1. The average Bonchev–Trinajstić information content (AvgIpc) is 3.23. The predicted molar refractivity (Wildman–Crippen MR) is 115 cm³/mol. The first kappa shape index (κ1) is 24.9. The molecule has 2 unspecified atom stereocenters. The van der Waals surface area contributed by atoms with Crippen molar-refractivity contribution in [2.45, 2.75) is 38.3 Å². The Labute approximate surface area is 192 Å². The van der Waals surface area contributed by atoms with Crippen LogP contribution in [0, 0.1) is 23.3 Å². The molecule has 3 rings (SSSR count). The first-order valence-electron chi connectivity index (χ1n) is 10.1. The topological polar surface area (TPSA) is 107 Å². The van der Waals surface area contributed by atoms with Crippen LogP contribution in [0.2, 0.25) is 0 Å². The number of hydrogen-bond donors (Lipinski definition) is 4. The van der Waals surface area contributed by atoms with Gasteiger partial charge in [0.05, 0.1) is 0 Å². The van der Waals surface area contributed by atoms with Gasteiger partial charge in [0.1, 0.15) is 17.7 Å². The summed E-state index contributed by atoms with van der Waals surface area (Å²) in [5.41, 5.74) is -0.263. The van der Waals surface area contributed by atoms with Crippen molar-refractivity contribution in [2.24, 2.45) is 0 Å². The number of aromatic amines is 1. The zero-order chi connectivity index (χ0) is 25.2. The highest BCUT2D eigenvalue weighted by atomic mass is 19.2. The fraction of sp³-hybridized carbons (Fsp3) is 0.261. The number of benzene rings is 2. The van der Waals surface area contributed by atoms with E-state index in [0.29, 0.717) is 17.3 Å². The lowest BCUT2D eigenvalue weighted by Crippen LogP contribution is -2.43. The molecule has 180 valence electrons. The van der Waals surface area contributed by atoms with E-state index >= 15 is 0 Å². The Balaban J connectivity index is 1.65. The lowest BCUT2D eigenvalue weighted by atomic mass is 9.81. The number of amides is 2. The molecule has 0 spiro atoms. The Morgan fingerprint density at radius 2 is 1.62 bits per heavy atom. The molecule has 0 bridgehead atoms. The Hall–Kier alpha value is -3.73. The number of nitrogens with zero attached hydrogens (tertiary/aromatic N) is 1. The number of nitrogens with one attached hydrogen (secondary N) is 3. The van der Waals surface area contributed by atoms with Gasteiger partial charge in [-0.1, -0.05) is 19.9 Å². The van der Waals surface area contributed by atoms with Gasteiger partial charge in [0, 0.05) is 23.2 Å². The minimum Gasteiger partial charge on any atom is -0.378 e. The number of aromatic nitrogens is 2. The number of aliphatic hydroxyl groups excluding tert-OH is 1. The molecule has 0 saturated heterocycles. The van der Waals surface area contributed by atoms with Crippen molar-refractivity contribution in [1.29, 1.82) is 0 Å². The number of carbonyl (C=O) groups is 2. The first-order chi connectivity index (χ1) is 15.9. The van der Waals surface area contributed by atoms with Gasteiger partial charge in [-0.05, 0) is 42.3 Å². The molecule has 4 N–H and O–H groups in total. The van der Waals surface area contributed by atoms with Gasteiger partial charge < -0.3 is 15.7 Å². The maximum Gasteiger partial charge on any atom is 0.254 e. The van der Waals surface area contributed by atoms with E-state index in [0.717, 1.165) is 18.2 Å². The van der Waals surface area contributed by atoms with Crippen molar-refractivity contribution < 1.29 is 32.3 Å². The lowest BCUT2D eigenvalue weighted by Gasteiger charge is -2.23. The lowest BCUT2D eigenvalue weighted by molar-refractivity contribution is -0.132. The molecule has 1 heterocycles. The van der Waals surface area contributed by atoms with Crippen molar-refractivity contribution in [1.82, 2.24) is 15.5 Å². The summed E-state index contributed by atoms with van der Waals surface area (Å²) < 4.78 is 53.7. The van der Waals surface area contributed by atoms with Crippen molar-refractivity contribution >= 4 is 17.6 Å². The molecular weight excluding hydrogens is 456 g/mol. The molecule has 0 aliphatic heterocycles. The zero-order valence-electron chi connectivity index (χ0n) is 18.4. The highest BCUT2D eigenvalue weighted by Crippen LogP contribution is 2.32. The van der Waals surface area contributed by atoms with Crippen LogP contribution >= 0.6 is 0 Å². The van der Waals surface area contributed by atoms with Crippen LogP contribution in [-0.4, -0.2) is 33.2 Å².